The molecule has 5 nitrogen and oxygen atoms in total. The van der Waals surface area contributed by atoms with Crippen LogP contribution in [0, 0.1) is 13.8 Å². The largest absolute Gasteiger partial charge is 0.353 e. The molecular formula is C22H23ClN4O. The molecule has 2 heterocycles. The lowest BCUT2D eigenvalue weighted by atomic mass is 10.0. The quantitative estimate of drug-likeness (QED) is 0.691. The van der Waals surface area contributed by atoms with Crippen molar-refractivity contribution in [2.24, 2.45) is 0 Å². The molecule has 1 aliphatic heterocycles. The maximum Gasteiger partial charge on any atom is 0.251 e. The number of aromatic nitrogens is 2. The number of aromatic amines is 1. The molecule has 144 valence electrons. The summed E-state index contributed by atoms with van der Waals surface area (Å²) in [5, 5.41) is 11.4. The van der Waals surface area contributed by atoms with E-state index in [0.717, 1.165) is 53.3 Å². The maximum atomic E-state index is 12.7. The number of carbonyl (C=O) groups excluding carboxylic acids is 1. The van der Waals surface area contributed by atoms with E-state index in [2.05, 4.69) is 20.4 Å². The third-order valence-electron chi connectivity index (χ3n) is 5.20. The van der Waals surface area contributed by atoms with E-state index in [1.807, 2.05) is 62.4 Å². The Kier molecular flexibility index (Phi) is 5.09. The van der Waals surface area contributed by atoms with Gasteiger partial charge in [0.1, 0.15) is 0 Å². The van der Waals surface area contributed by atoms with Crippen LogP contribution in [0.1, 0.15) is 27.9 Å². The van der Waals surface area contributed by atoms with Gasteiger partial charge in [-0.25, -0.2) is 0 Å². The minimum absolute atomic E-state index is 0.00284. The van der Waals surface area contributed by atoms with Gasteiger partial charge in [-0.2, -0.15) is 5.10 Å². The number of nitrogens with one attached hydrogen (secondary N) is 2. The number of halogens is 1. The highest BCUT2D eigenvalue weighted by molar-refractivity contribution is 6.30. The normalized spacial score (nSPS) is 16.4. The molecule has 1 aliphatic rings. The van der Waals surface area contributed by atoms with Crippen molar-refractivity contribution in [3.05, 3.63) is 70.2 Å². The van der Waals surface area contributed by atoms with Crippen LogP contribution in [-0.4, -0.2) is 35.2 Å². The fraction of sp³-hybridized carbons (Fsp3) is 0.273. The molecule has 0 saturated carbocycles. The predicted octanol–water partition coefficient (Wildman–Crippen LogP) is 4.36. The highest BCUT2D eigenvalue weighted by Gasteiger charge is 2.26. The lowest BCUT2D eigenvalue weighted by molar-refractivity contribution is 0.0939. The Balaban J connectivity index is 1.41. The Bertz CT molecular complexity index is 996. The van der Waals surface area contributed by atoms with Crippen LogP contribution in [0.3, 0.4) is 0 Å². The minimum atomic E-state index is -0.00284. The summed E-state index contributed by atoms with van der Waals surface area (Å²) in [6.07, 6.45) is 0.903. The average molecular weight is 395 g/mol. The summed E-state index contributed by atoms with van der Waals surface area (Å²) < 4.78 is 0. The summed E-state index contributed by atoms with van der Waals surface area (Å²) in [6, 6.07) is 15.8. The summed E-state index contributed by atoms with van der Waals surface area (Å²) in [5.41, 5.74) is 4.84. The molecule has 0 spiro atoms. The minimum Gasteiger partial charge on any atom is -0.353 e. The number of nitrogens with zero attached hydrogens (tertiary/aromatic N) is 2. The van der Waals surface area contributed by atoms with Crippen LogP contribution in [0.2, 0.25) is 5.02 Å². The van der Waals surface area contributed by atoms with Gasteiger partial charge in [-0.3, -0.25) is 9.89 Å². The highest BCUT2D eigenvalue weighted by Crippen LogP contribution is 2.25. The molecule has 6 heteroatoms. The van der Waals surface area contributed by atoms with Gasteiger partial charge in [-0.1, -0.05) is 41.4 Å². The van der Waals surface area contributed by atoms with Crippen molar-refractivity contribution in [3.63, 3.8) is 0 Å². The van der Waals surface area contributed by atoms with E-state index in [4.69, 9.17) is 11.6 Å². The zero-order valence-corrected chi connectivity index (χ0v) is 16.8. The standard InChI is InChI=1S/C22H23ClN4O/c1-14-3-4-15(2)19(11-14)22(28)24-18-9-10-27(13-18)21-12-20(25-26-21)16-5-7-17(23)8-6-16/h3-8,11-12,18H,9-10,13H2,1-2H3,(H,24,28)(H,25,26). The molecule has 1 saturated heterocycles. The summed E-state index contributed by atoms with van der Waals surface area (Å²) in [6.45, 7) is 5.59. The SMILES string of the molecule is Cc1ccc(C)c(C(=O)NC2CCN(c3cc(-c4ccc(Cl)cc4)[nH]n3)C2)c1. The summed E-state index contributed by atoms with van der Waals surface area (Å²) >= 11 is 5.96. The molecule has 4 rings (SSSR count). The Morgan fingerprint density at radius 2 is 1.96 bits per heavy atom. The summed E-state index contributed by atoms with van der Waals surface area (Å²) in [7, 11) is 0. The van der Waals surface area contributed by atoms with Crippen molar-refractivity contribution >= 4 is 23.3 Å². The van der Waals surface area contributed by atoms with Gasteiger partial charge in [0.15, 0.2) is 5.82 Å². The lowest BCUT2D eigenvalue weighted by Crippen LogP contribution is -2.37. The van der Waals surface area contributed by atoms with Crippen LogP contribution < -0.4 is 10.2 Å². The van der Waals surface area contributed by atoms with Gasteiger partial charge in [0.25, 0.3) is 5.91 Å². The smallest absolute Gasteiger partial charge is 0.251 e. The van der Waals surface area contributed by atoms with Crippen molar-refractivity contribution in [3.8, 4) is 11.3 Å². The van der Waals surface area contributed by atoms with E-state index in [1.165, 1.54) is 0 Å². The van der Waals surface area contributed by atoms with Crippen molar-refractivity contribution in [2.75, 3.05) is 18.0 Å². The molecule has 0 bridgehead atoms. The van der Waals surface area contributed by atoms with Crippen LogP contribution in [0.15, 0.2) is 48.5 Å². The van der Waals surface area contributed by atoms with Crippen LogP contribution in [0.4, 0.5) is 5.82 Å². The van der Waals surface area contributed by atoms with Gasteiger partial charge in [0.2, 0.25) is 0 Å². The number of aryl methyl sites for hydroxylation is 2. The molecular weight excluding hydrogens is 372 g/mol. The van der Waals surface area contributed by atoms with E-state index in [0.29, 0.717) is 5.02 Å². The van der Waals surface area contributed by atoms with Crippen molar-refractivity contribution in [1.29, 1.82) is 0 Å². The number of anilines is 1. The van der Waals surface area contributed by atoms with Crippen LogP contribution in [0.5, 0.6) is 0 Å². The molecule has 2 aromatic carbocycles. The summed E-state index contributed by atoms with van der Waals surface area (Å²) in [5.74, 6) is 0.894. The van der Waals surface area contributed by atoms with E-state index in [-0.39, 0.29) is 11.9 Å². The second-order valence-corrected chi connectivity index (χ2v) is 7.81. The van der Waals surface area contributed by atoms with E-state index in [1.54, 1.807) is 0 Å². The van der Waals surface area contributed by atoms with Crippen LogP contribution >= 0.6 is 11.6 Å². The van der Waals surface area contributed by atoms with Gasteiger partial charge in [0, 0.05) is 35.8 Å². The van der Waals surface area contributed by atoms with Crippen molar-refractivity contribution in [1.82, 2.24) is 15.5 Å². The molecule has 0 radical (unpaired) electrons. The Labute approximate surface area is 169 Å². The topological polar surface area (TPSA) is 61.0 Å². The van der Waals surface area contributed by atoms with E-state index < -0.39 is 0 Å². The van der Waals surface area contributed by atoms with E-state index in [9.17, 15) is 4.79 Å². The molecule has 3 aromatic rings. The Morgan fingerprint density at radius 1 is 1.18 bits per heavy atom. The summed E-state index contributed by atoms with van der Waals surface area (Å²) in [4.78, 5) is 14.9. The zero-order chi connectivity index (χ0) is 19.7. The Morgan fingerprint density at radius 3 is 2.75 bits per heavy atom. The number of carbonyl (C=O) groups is 1. The number of hydrogen-bond donors (Lipinski definition) is 2. The first-order valence-electron chi connectivity index (χ1n) is 9.44. The van der Waals surface area contributed by atoms with Crippen molar-refractivity contribution in [2.45, 2.75) is 26.3 Å². The monoisotopic (exact) mass is 394 g/mol. The number of amides is 1. The fourth-order valence-electron chi connectivity index (χ4n) is 3.58. The number of hydrogen-bond acceptors (Lipinski definition) is 3. The van der Waals surface area contributed by atoms with Gasteiger partial charge in [0.05, 0.1) is 5.69 Å². The molecule has 1 unspecified atom stereocenters. The molecule has 2 N–H and O–H groups in total. The van der Waals surface area contributed by atoms with Gasteiger partial charge < -0.3 is 10.2 Å². The second kappa shape index (κ2) is 7.68. The number of rotatable bonds is 4. The lowest BCUT2D eigenvalue weighted by Gasteiger charge is -2.16. The zero-order valence-electron chi connectivity index (χ0n) is 16.0. The van der Waals surface area contributed by atoms with Crippen LogP contribution in [-0.2, 0) is 0 Å². The number of benzene rings is 2. The fourth-order valence-corrected chi connectivity index (χ4v) is 3.71. The van der Waals surface area contributed by atoms with E-state index >= 15 is 0 Å². The highest BCUT2D eigenvalue weighted by atomic mass is 35.5. The van der Waals surface area contributed by atoms with Crippen molar-refractivity contribution < 1.29 is 4.79 Å². The number of H-pyrrole nitrogens is 1. The first-order valence-corrected chi connectivity index (χ1v) is 9.82. The first kappa shape index (κ1) is 18.6. The Hall–Kier alpha value is -2.79. The third kappa shape index (κ3) is 3.90. The molecule has 1 amide bonds. The molecule has 1 aromatic heterocycles. The molecule has 0 aliphatic carbocycles. The molecule has 1 fully saturated rings. The van der Waals surface area contributed by atoms with Gasteiger partial charge >= 0.3 is 0 Å². The average Bonchev–Trinajstić information content (AvgIpc) is 3.34. The van der Waals surface area contributed by atoms with Gasteiger partial charge in [-0.05, 0) is 49.6 Å². The second-order valence-electron chi connectivity index (χ2n) is 7.37. The molecule has 28 heavy (non-hydrogen) atoms. The first-order chi connectivity index (χ1) is 13.5. The molecule has 1 atom stereocenters. The van der Waals surface area contributed by atoms with Gasteiger partial charge in [-0.15, -0.1) is 0 Å². The predicted molar refractivity (Wildman–Crippen MR) is 113 cm³/mol. The third-order valence-corrected chi connectivity index (χ3v) is 5.46. The van der Waals surface area contributed by atoms with Crippen LogP contribution in [0.25, 0.3) is 11.3 Å². The maximum absolute atomic E-state index is 12.7.